The molecular formula is C15H18N2OS. The van der Waals surface area contributed by atoms with E-state index < -0.39 is 0 Å². The highest BCUT2D eigenvalue weighted by atomic mass is 32.1. The molecule has 0 fully saturated rings. The lowest BCUT2D eigenvalue weighted by molar-refractivity contribution is -0.123. The monoisotopic (exact) mass is 274 g/mol. The number of likely N-dealkylation sites (N-methyl/N-ethyl adjacent to an activating group) is 1. The van der Waals surface area contributed by atoms with E-state index in [9.17, 15) is 4.79 Å². The molecule has 4 heteroatoms. The Hall–Kier alpha value is -1.65. The normalized spacial score (nSPS) is 12.1. The molecule has 100 valence electrons. The van der Waals surface area contributed by atoms with Gasteiger partial charge in [-0.1, -0.05) is 36.4 Å². The Morgan fingerprint density at radius 2 is 2.00 bits per heavy atom. The van der Waals surface area contributed by atoms with Gasteiger partial charge in [-0.3, -0.25) is 4.79 Å². The lowest BCUT2D eigenvalue weighted by atomic mass is 10.1. The zero-order chi connectivity index (χ0) is 13.5. The van der Waals surface area contributed by atoms with Gasteiger partial charge in [-0.2, -0.15) is 0 Å². The van der Waals surface area contributed by atoms with Gasteiger partial charge < -0.3 is 10.6 Å². The van der Waals surface area contributed by atoms with Gasteiger partial charge in [-0.15, -0.1) is 11.3 Å². The quantitative estimate of drug-likeness (QED) is 0.848. The van der Waals surface area contributed by atoms with Crippen molar-refractivity contribution in [2.75, 3.05) is 7.05 Å². The summed E-state index contributed by atoms with van der Waals surface area (Å²) in [7, 11) is 1.82. The lowest BCUT2D eigenvalue weighted by Crippen LogP contribution is -2.43. The van der Waals surface area contributed by atoms with Crippen molar-refractivity contribution in [3.63, 3.8) is 0 Å². The number of carbonyl (C=O) groups is 1. The minimum atomic E-state index is -0.192. The average Bonchev–Trinajstić information content (AvgIpc) is 2.96. The Bertz CT molecular complexity index is 496. The molecule has 2 rings (SSSR count). The first-order valence-electron chi connectivity index (χ1n) is 6.31. The first-order chi connectivity index (χ1) is 9.29. The summed E-state index contributed by atoms with van der Waals surface area (Å²) in [5, 5.41) is 8.05. The van der Waals surface area contributed by atoms with Gasteiger partial charge in [0.05, 0.1) is 12.6 Å². The molecule has 2 aromatic rings. The van der Waals surface area contributed by atoms with Gasteiger partial charge in [0.2, 0.25) is 5.91 Å². The van der Waals surface area contributed by atoms with Crippen molar-refractivity contribution in [2.45, 2.75) is 19.0 Å². The van der Waals surface area contributed by atoms with Crippen LogP contribution in [0.4, 0.5) is 0 Å². The zero-order valence-electron chi connectivity index (χ0n) is 10.9. The second-order valence-corrected chi connectivity index (χ2v) is 5.36. The predicted octanol–water partition coefficient (Wildman–Crippen LogP) is 2.19. The molecule has 19 heavy (non-hydrogen) atoms. The van der Waals surface area contributed by atoms with E-state index in [1.807, 2.05) is 54.9 Å². The van der Waals surface area contributed by atoms with Crippen molar-refractivity contribution in [2.24, 2.45) is 0 Å². The van der Waals surface area contributed by atoms with Gasteiger partial charge in [0, 0.05) is 4.88 Å². The number of hydrogen-bond acceptors (Lipinski definition) is 3. The number of amides is 1. The molecule has 0 bridgehead atoms. The molecule has 0 aliphatic carbocycles. The number of carbonyl (C=O) groups excluding carboxylic acids is 1. The van der Waals surface area contributed by atoms with Crippen LogP contribution in [0, 0.1) is 0 Å². The Morgan fingerprint density at radius 3 is 2.63 bits per heavy atom. The van der Waals surface area contributed by atoms with Crippen molar-refractivity contribution in [1.29, 1.82) is 0 Å². The van der Waals surface area contributed by atoms with Gasteiger partial charge in [-0.25, -0.2) is 0 Å². The molecule has 1 aromatic carbocycles. The third-order valence-corrected chi connectivity index (χ3v) is 3.84. The molecule has 0 saturated carbocycles. The molecule has 0 saturated heterocycles. The Kier molecular flexibility index (Phi) is 5.12. The number of rotatable bonds is 6. The molecule has 0 spiro atoms. The molecule has 1 heterocycles. The van der Waals surface area contributed by atoms with Crippen molar-refractivity contribution in [3.05, 3.63) is 58.3 Å². The first-order valence-corrected chi connectivity index (χ1v) is 7.19. The first kappa shape index (κ1) is 13.8. The van der Waals surface area contributed by atoms with E-state index in [1.54, 1.807) is 11.3 Å². The van der Waals surface area contributed by atoms with E-state index in [1.165, 1.54) is 4.88 Å². The Morgan fingerprint density at radius 1 is 1.21 bits per heavy atom. The summed E-state index contributed by atoms with van der Waals surface area (Å²) in [6, 6.07) is 13.9. The summed E-state index contributed by atoms with van der Waals surface area (Å²) >= 11 is 1.65. The summed E-state index contributed by atoms with van der Waals surface area (Å²) in [5.41, 5.74) is 1.16. The van der Waals surface area contributed by atoms with E-state index >= 15 is 0 Å². The average molecular weight is 274 g/mol. The SMILES string of the molecule is CNC(Cc1ccccc1)C(=O)NCc1cccs1. The van der Waals surface area contributed by atoms with Crippen LogP contribution in [0.25, 0.3) is 0 Å². The zero-order valence-corrected chi connectivity index (χ0v) is 11.7. The fourth-order valence-electron chi connectivity index (χ4n) is 1.89. The highest BCUT2D eigenvalue weighted by molar-refractivity contribution is 7.09. The summed E-state index contributed by atoms with van der Waals surface area (Å²) in [4.78, 5) is 13.3. The van der Waals surface area contributed by atoms with Crippen molar-refractivity contribution < 1.29 is 4.79 Å². The summed E-state index contributed by atoms with van der Waals surface area (Å²) < 4.78 is 0. The fraction of sp³-hybridized carbons (Fsp3) is 0.267. The van der Waals surface area contributed by atoms with E-state index in [2.05, 4.69) is 10.6 Å². The standard InChI is InChI=1S/C15H18N2OS/c1-16-14(10-12-6-3-2-4-7-12)15(18)17-11-13-8-5-9-19-13/h2-9,14,16H,10-11H2,1H3,(H,17,18). The van der Waals surface area contributed by atoms with Crippen LogP contribution in [0.1, 0.15) is 10.4 Å². The second-order valence-electron chi connectivity index (χ2n) is 4.33. The Balaban J connectivity index is 1.88. The molecule has 1 atom stereocenters. The molecule has 1 aromatic heterocycles. The molecule has 1 amide bonds. The molecular weight excluding hydrogens is 256 g/mol. The molecule has 0 radical (unpaired) electrons. The van der Waals surface area contributed by atoms with E-state index in [4.69, 9.17) is 0 Å². The largest absolute Gasteiger partial charge is 0.350 e. The number of hydrogen-bond donors (Lipinski definition) is 2. The van der Waals surface area contributed by atoms with Crippen molar-refractivity contribution in [3.8, 4) is 0 Å². The summed E-state index contributed by atoms with van der Waals surface area (Å²) in [5.74, 6) is 0.0414. The number of thiophene rings is 1. The van der Waals surface area contributed by atoms with Gasteiger partial charge >= 0.3 is 0 Å². The summed E-state index contributed by atoms with van der Waals surface area (Å²) in [6.45, 7) is 0.601. The van der Waals surface area contributed by atoms with Crippen LogP contribution >= 0.6 is 11.3 Å². The van der Waals surface area contributed by atoms with E-state index in [0.29, 0.717) is 13.0 Å². The van der Waals surface area contributed by atoms with Crippen molar-refractivity contribution in [1.82, 2.24) is 10.6 Å². The van der Waals surface area contributed by atoms with Crippen LogP contribution in [0.3, 0.4) is 0 Å². The molecule has 3 nitrogen and oxygen atoms in total. The second kappa shape index (κ2) is 7.07. The van der Waals surface area contributed by atoms with Gasteiger partial charge in [0.1, 0.15) is 0 Å². The van der Waals surface area contributed by atoms with Crippen molar-refractivity contribution >= 4 is 17.2 Å². The van der Waals surface area contributed by atoms with Crippen LogP contribution in [-0.2, 0) is 17.8 Å². The third-order valence-electron chi connectivity index (χ3n) is 2.96. The predicted molar refractivity (Wildman–Crippen MR) is 79.2 cm³/mol. The van der Waals surface area contributed by atoms with Crippen LogP contribution in [0.15, 0.2) is 47.8 Å². The smallest absolute Gasteiger partial charge is 0.237 e. The highest BCUT2D eigenvalue weighted by Gasteiger charge is 2.16. The van der Waals surface area contributed by atoms with E-state index in [-0.39, 0.29) is 11.9 Å². The summed E-state index contributed by atoms with van der Waals surface area (Å²) in [6.07, 6.45) is 0.702. The van der Waals surface area contributed by atoms with Crippen LogP contribution in [0.2, 0.25) is 0 Å². The Labute approximate surface area is 117 Å². The molecule has 1 unspecified atom stereocenters. The maximum Gasteiger partial charge on any atom is 0.237 e. The third kappa shape index (κ3) is 4.19. The molecule has 0 aliphatic rings. The maximum atomic E-state index is 12.1. The van der Waals surface area contributed by atoms with Crippen LogP contribution in [-0.4, -0.2) is 19.0 Å². The van der Waals surface area contributed by atoms with Crippen LogP contribution in [0.5, 0.6) is 0 Å². The minimum Gasteiger partial charge on any atom is -0.350 e. The fourth-order valence-corrected chi connectivity index (χ4v) is 2.53. The minimum absolute atomic E-state index is 0.0414. The topological polar surface area (TPSA) is 41.1 Å². The van der Waals surface area contributed by atoms with Gasteiger partial charge in [-0.05, 0) is 30.5 Å². The van der Waals surface area contributed by atoms with Crippen LogP contribution < -0.4 is 10.6 Å². The van der Waals surface area contributed by atoms with Gasteiger partial charge in [0.15, 0.2) is 0 Å². The molecule has 2 N–H and O–H groups in total. The lowest BCUT2D eigenvalue weighted by Gasteiger charge is -2.15. The number of nitrogens with one attached hydrogen (secondary N) is 2. The van der Waals surface area contributed by atoms with E-state index in [0.717, 1.165) is 5.56 Å². The number of benzene rings is 1. The molecule has 0 aliphatic heterocycles. The maximum absolute atomic E-state index is 12.1. The van der Waals surface area contributed by atoms with Gasteiger partial charge in [0.25, 0.3) is 0 Å². The highest BCUT2D eigenvalue weighted by Crippen LogP contribution is 2.08.